The van der Waals surface area contributed by atoms with Gasteiger partial charge in [0.15, 0.2) is 11.6 Å². The van der Waals surface area contributed by atoms with Crippen molar-refractivity contribution in [2.24, 2.45) is 0 Å². The third kappa shape index (κ3) is 2.38. The highest BCUT2D eigenvalue weighted by atomic mass is 35.5. The maximum Gasteiger partial charge on any atom is 0.334 e. The number of benzene rings is 1. The average molecular weight is 301 g/mol. The minimum Gasteiger partial charge on any atom is -0.297 e. The summed E-state index contributed by atoms with van der Waals surface area (Å²) < 4.78 is 27.5. The Morgan fingerprint density at radius 1 is 1.30 bits per heavy atom. The van der Waals surface area contributed by atoms with Crippen LogP contribution < -0.4 is 11.2 Å². The first kappa shape index (κ1) is 14.5. The summed E-state index contributed by atoms with van der Waals surface area (Å²) in [5.41, 5.74) is -1.93. The molecule has 0 unspecified atom stereocenters. The highest BCUT2D eigenvalue weighted by Crippen LogP contribution is 2.15. The van der Waals surface area contributed by atoms with Gasteiger partial charge in [0.1, 0.15) is 5.15 Å². The molecule has 0 atom stereocenters. The number of halogens is 3. The summed E-state index contributed by atoms with van der Waals surface area (Å²) in [6.45, 7) is 1.83. The van der Waals surface area contributed by atoms with Crippen molar-refractivity contribution in [1.82, 2.24) is 9.55 Å². The summed E-state index contributed by atoms with van der Waals surface area (Å²) in [5, 5.41) is -0.0742. The molecule has 0 amide bonds. The number of aromatic nitrogens is 2. The Kier molecular flexibility index (Phi) is 4.04. The van der Waals surface area contributed by atoms with Crippen molar-refractivity contribution in [3.05, 3.63) is 61.4 Å². The molecule has 0 radical (unpaired) electrons. The standard InChI is InChI=1S/C13H11ClF2N2O2/c1-2-4-7-11(14)17-13(20)18(12(7)19)9-6-3-5-8(15)10(9)16/h3,5-6H,2,4H2,1H3,(H,17,20). The number of nitrogens with zero attached hydrogens (tertiary/aromatic N) is 1. The SMILES string of the molecule is CCCc1c(Cl)[nH]c(=O)n(-c2cccc(F)c2F)c1=O. The zero-order chi connectivity index (χ0) is 14.9. The third-order valence-electron chi connectivity index (χ3n) is 2.82. The highest BCUT2D eigenvalue weighted by molar-refractivity contribution is 6.30. The summed E-state index contributed by atoms with van der Waals surface area (Å²) in [7, 11) is 0. The molecule has 0 fully saturated rings. The fourth-order valence-corrected chi connectivity index (χ4v) is 2.15. The molecule has 0 aliphatic heterocycles. The summed E-state index contributed by atoms with van der Waals surface area (Å²) in [5.74, 6) is -2.40. The number of aromatic amines is 1. The molecule has 1 aromatic carbocycles. The fraction of sp³-hybridized carbons (Fsp3) is 0.231. The summed E-state index contributed by atoms with van der Waals surface area (Å²) in [4.78, 5) is 26.3. The molecule has 2 aromatic rings. The van der Waals surface area contributed by atoms with Gasteiger partial charge in [-0.05, 0) is 18.6 Å². The maximum absolute atomic E-state index is 13.7. The van der Waals surface area contributed by atoms with Crippen molar-refractivity contribution < 1.29 is 8.78 Å². The molecule has 0 saturated heterocycles. The van der Waals surface area contributed by atoms with Gasteiger partial charge >= 0.3 is 5.69 Å². The van der Waals surface area contributed by atoms with E-state index in [0.717, 1.165) is 12.1 Å². The second kappa shape index (κ2) is 5.58. The minimum absolute atomic E-state index is 0.0742. The van der Waals surface area contributed by atoms with Crippen molar-refractivity contribution in [3.63, 3.8) is 0 Å². The predicted octanol–water partition coefficient (Wildman–Crippen LogP) is 2.41. The van der Waals surface area contributed by atoms with Gasteiger partial charge in [-0.25, -0.2) is 18.1 Å². The van der Waals surface area contributed by atoms with Gasteiger partial charge in [0.05, 0.1) is 11.3 Å². The number of hydrogen-bond donors (Lipinski definition) is 1. The van der Waals surface area contributed by atoms with Crippen LogP contribution in [0.5, 0.6) is 0 Å². The fourth-order valence-electron chi connectivity index (χ4n) is 1.90. The quantitative estimate of drug-likeness (QED) is 0.885. The lowest BCUT2D eigenvalue weighted by molar-refractivity contribution is 0.502. The molecule has 1 N–H and O–H groups in total. The molecule has 7 heteroatoms. The van der Waals surface area contributed by atoms with E-state index in [2.05, 4.69) is 4.98 Å². The zero-order valence-corrected chi connectivity index (χ0v) is 11.3. The van der Waals surface area contributed by atoms with Crippen LogP contribution in [0.2, 0.25) is 5.15 Å². The molecule has 0 bridgehead atoms. The monoisotopic (exact) mass is 300 g/mol. The van der Waals surface area contributed by atoms with Crippen LogP contribution >= 0.6 is 11.6 Å². The van der Waals surface area contributed by atoms with Crippen LogP contribution in [0, 0.1) is 11.6 Å². The second-order valence-corrected chi connectivity index (χ2v) is 4.56. The average Bonchev–Trinajstić information content (AvgIpc) is 2.39. The van der Waals surface area contributed by atoms with Crippen LogP contribution in [0.4, 0.5) is 8.78 Å². The second-order valence-electron chi connectivity index (χ2n) is 4.19. The smallest absolute Gasteiger partial charge is 0.297 e. The maximum atomic E-state index is 13.7. The van der Waals surface area contributed by atoms with Crippen LogP contribution in [0.1, 0.15) is 18.9 Å². The Morgan fingerprint density at radius 2 is 2.00 bits per heavy atom. The lowest BCUT2D eigenvalue weighted by atomic mass is 10.2. The Morgan fingerprint density at radius 3 is 2.65 bits per heavy atom. The van der Waals surface area contributed by atoms with Crippen LogP contribution in [0.25, 0.3) is 5.69 Å². The Balaban J connectivity index is 2.81. The largest absolute Gasteiger partial charge is 0.334 e. The van der Waals surface area contributed by atoms with E-state index < -0.39 is 28.6 Å². The van der Waals surface area contributed by atoms with Gasteiger partial charge in [0.2, 0.25) is 0 Å². The summed E-state index contributed by atoms with van der Waals surface area (Å²) in [6, 6.07) is 3.27. The van der Waals surface area contributed by atoms with E-state index in [4.69, 9.17) is 11.6 Å². The number of H-pyrrole nitrogens is 1. The summed E-state index contributed by atoms with van der Waals surface area (Å²) >= 11 is 5.81. The first-order valence-corrected chi connectivity index (χ1v) is 6.33. The van der Waals surface area contributed by atoms with E-state index in [0.29, 0.717) is 17.4 Å². The molecule has 106 valence electrons. The molecule has 0 spiro atoms. The first-order valence-electron chi connectivity index (χ1n) is 5.95. The van der Waals surface area contributed by atoms with Crippen molar-refractivity contribution in [3.8, 4) is 5.69 Å². The van der Waals surface area contributed by atoms with Crippen molar-refractivity contribution in [2.75, 3.05) is 0 Å². The van der Waals surface area contributed by atoms with E-state index in [1.54, 1.807) is 0 Å². The molecule has 0 saturated carbocycles. The predicted molar refractivity (Wildman–Crippen MR) is 71.6 cm³/mol. The number of nitrogens with one attached hydrogen (secondary N) is 1. The van der Waals surface area contributed by atoms with Crippen molar-refractivity contribution >= 4 is 11.6 Å². The van der Waals surface area contributed by atoms with E-state index in [1.807, 2.05) is 6.92 Å². The Bertz CT molecular complexity index is 768. The third-order valence-corrected chi connectivity index (χ3v) is 3.14. The lowest BCUT2D eigenvalue weighted by Gasteiger charge is -2.09. The molecule has 20 heavy (non-hydrogen) atoms. The van der Waals surface area contributed by atoms with Gasteiger partial charge in [-0.15, -0.1) is 0 Å². The van der Waals surface area contributed by atoms with Gasteiger partial charge in [-0.1, -0.05) is 31.0 Å². The molecule has 0 aliphatic carbocycles. The van der Waals surface area contributed by atoms with Crippen LogP contribution in [-0.4, -0.2) is 9.55 Å². The van der Waals surface area contributed by atoms with Crippen LogP contribution in [-0.2, 0) is 6.42 Å². The molecule has 1 heterocycles. The molecule has 4 nitrogen and oxygen atoms in total. The van der Waals surface area contributed by atoms with Crippen molar-refractivity contribution in [1.29, 1.82) is 0 Å². The van der Waals surface area contributed by atoms with Gasteiger partial charge in [-0.2, -0.15) is 0 Å². The van der Waals surface area contributed by atoms with Gasteiger partial charge in [0, 0.05) is 0 Å². The van der Waals surface area contributed by atoms with Gasteiger partial charge < -0.3 is 0 Å². The number of hydrogen-bond acceptors (Lipinski definition) is 2. The normalized spacial score (nSPS) is 10.8. The van der Waals surface area contributed by atoms with Gasteiger partial charge in [-0.3, -0.25) is 9.78 Å². The van der Waals surface area contributed by atoms with Crippen molar-refractivity contribution in [2.45, 2.75) is 19.8 Å². The molecule has 1 aromatic heterocycles. The highest BCUT2D eigenvalue weighted by Gasteiger charge is 2.17. The molecule has 0 aliphatic rings. The Hall–Kier alpha value is -1.95. The van der Waals surface area contributed by atoms with E-state index in [1.165, 1.54) is 6.07 Å². The van der Waals surface area contributed by atoms with E-state index >= 15 is 0 Å². The lowest BCUT2D eigenvalue weighted by Crippen LogP contribution is -2.36. The zero-order valence-electron chi connectivity index (χ0n) is 10.5. The van der Waals surface area contributed by atoms with E-state index in [-0.39, 0.29) is 10.7 Å². The first-order chi connectivity index (χ1) is 9.47. The van der Waals surface area contributed by atoms with E-state index in [9.17, 15) is 18.4 Å². The number of rotatable bonds is 3. The van der Waals surface area contributed by atoms with Crippen LogP contribution in [0.3, 0.4) is 0 Å². The minimum atomic E-state index is -1.26. The molecule has 2 rings (SSSR count). The topological polar surface area (TPSA) is 54.9 Å². The Labute approximate surface area is 117 Å². The molecular weight excluding hydrogens is 290 g/mol. The van der Waals surface area contributed by atoms with Crippen LogP contribution in [0.15, 0.2) is 27.8 Å². The summed E-state index contributed by atoms with van der Waals surface area (Å²) in [6.07, 6.45) is 0.942. The molecular formula is C13H11ClF2N2O2. The van der Waals surface area contributed by atoms with Gasteiger partial charge in [0.25, 0.3) is 5.56 Å².